The topological polar surface area (TPSA) is 40.9 Å². The molecule has 0 unspecified atom stereocenters. The van der Waals surface area contributed by atoms with Crippen molar-refractivity contribution >= 4 is 11.9 Å². The van der Waals surface area contributed by atoms with Gasteiger partial charge >= 0.3 is 0 Å². The lowest BCUT2D eigenvalue weighted by atomic mass is 10.00. The van der Waals surface area contributed by atoms with E-state index in [-0.39, 0.29) is 11.1 Å². The van der Waals surface area contributed by atoms with Crippen LogP contribution in [0.4, 0.5) is 4.39 Å². The summed E-state index contributed by atoms with van der Waals surface area (Å²) in [5.74, 6) is -1.22. The van der Waals surface area contributed by atoms with Crippen LogP contribution in [0.1, 0.15) is 27.0 Å². The van der Waals surface area contributed by atoms with Crippen LogP contribution < -0.4 is 0 Å². The molecule has 0 radical (unpaired) electrons. The minimum atomic E-state index is -0.622. The Bertz CT molecular complexity index is 769. The zero-order valence-electron chi connectivity index (χ0n) is 11.9. The van der Waals surface area contributed by atoms with Crippen molar-refractivity contribution in [2.75, 3.05) is 0 Å². The lowest BCUT2D eigenvalue weighted by Crippen LogP contribution is -2.04. The number of carbonyl (C=O) groups is 1. The van der Waals surface area contributed by atoms with Crippen molar-refractivity contribution in [3.8, 4) is 6.07 Å². The third-order valence-electron chi connectivity index (χ3n) is 3.33. The predicted octanol–water partition coefficient (Wildman–Crippen LogP) is 4.23. The van der Waals surface area contributed by atoms with E-state index in [1.807, 2.05) is 38.1 Å². The number of nitriles is 1. The predicted molar refractivity (Wildman–Crippen MR) is 80.2 cm³/mol. The van der Waals surface area contributed by atoms with Gasteiger partial charge in [0.15, 0.2) is 0 Å². The minimum Gasteiger partial charge on any atom is -0.288 e. The van der Waals surface area contributed by atoms with Crippen LogP contribution in [0.15, 0.2) is 48.0 Å². The second-order valence-corrected chi connectivity index (χ2v) is 4.82. The van der Waals surface area contributed by atoms with E-state index >= 15 is 0 Å². The molecule has 0 saturated carbocycles. The van der Waals surface area contributed by atoms with Crippen LogP contribution in [0, 0.1) is 31.0 Å². The molecule has 2 nitrogen and oxygen atoms in total. The first-order valence-corrected chi connectivity index (χ1v) is 6.51. The summed E-state index contributed by atoms with van der Waals surface area (Å²) in [5.41, 5.74) is 2.78. The Kier molecular flexibility index (Phi) is 4.30. The Balaban J connectivity index is 2.42. The van der Waals surface area contributed by atoms with Gasteiger partial charge in [-0.1, -0.05) is 30.3 Å². The highest BCUT2D eigenvalue weighted by atomic mass is 19.1. The van der Waals surface area contributed by atoms with Crippen molar-refractivity contribution in [1.29, 1.82) is 5.26 Å². The summed E-state index contributed by atoms with van der Waals surface area (Å²) in [4.78, 5) is 12.2. The molecule has 0 heterocycles. The summed E-state index contributed by atoms with van der Waals surface area (Å²) in [6.45, 7) is 3.94. The number of carbonyl (C=O) groups excluding carboxylic acids is 1. The van der Waals surface area contributed by atoms with Gasteiger partial charge in [-0.25, -0.2) is 4.39 Å². The molecule has 3 heteroatoms. The Labute approximate surface area is 123 Å². The number of aryl methyl sites for hydroxylation is 2. The lowest BCUT2D eigenvalue weighted by Gasteiger charge is -2.03. The van der Waals surface area contributed by atoms with Gasteiger partial charge < -0.3 is 0 Å². The van der Waals surface area contributed by atoms with Gasteiger partial charge in [0.1, 0.15) is 17.5 Å². The highest BCUT2D eigenvalue weighted by molar-refractivity contribution is 6.14. The number of nitrogens with zero attached hydrogens (tertiary/aromatic N) is 1. The highest BCUT2D eigenvalue weighted by Gasteiger charge is 2.15. The van der Waals surface area contributed by atoms with E-state index < -0.39 is 11.6 Å². The van der Waals surface area contributed by atoms with Gasteiger partial charge in [0.2, 0.25) is 5.78 Å². The molecule has 2 rings (SSSR count). The Morgan fingerprint density at radius 3 is 2.48 bits per heavy atom. The number of allylic oxidation sites excluding steroid dienone is 1. The fourth-order valence-corrected chi connectivity index (χ4v) is 1.96. The normalized spacial score (nSPS) is 11.0. The number of hydrogen-bond acceptors (Lipinski definition) is 2. The third-order valence-corrected chi connectivity index (χ3v) is 3.33. The van der Waals surface area contributed by atoms with Gasteiger partial charge in [-0.05, 0) is 48.7 Å². The maximum atomic E-state index is 13.6. The molecular weight excluding hydrogens is 265 g/mol. The molecule has 21 heavy (non-hydrogen) atoms. The summed E-state index contributed by atoms with van der Waals surface area (Å²) < 4.78 is 13.6. The van der Waals surface area contributed by atoms with Crippen molar-refractivity contribution in [2.24, 2.45) is 0 Å². The number of Topliss-reactive ketones (excluding diaryl/α,β-unsaturated/α-hetero) is 1. The molecule has 0 amide bonds. The molecule has 0 aromatic heterocycles. The van der Waals surface area contributed by atoms with E-state index in [1.54, 1.807) is 6.07 Å². The van der Waals surface area contributed by atoms with E-state index in [0.29, 0.717) is 0 Å². The Morgan fingerprint density at radius 1 is 1.14 bits per heavy atom. The Morgan fingerprint density at radius 2 is 1.86 bits per heavy atom. The largest absolute Gasteiger partial charge is 0.288 e. The van der Waals surface area contributed by atoms with Crippen LogP contribution in [0.2, 0.25) is 0 Å². The fraction of sp³-hybridized carbons (Fsp3) is 0.111. The van der Waals surface area contributed by atoms with Crippen LogP contribution in [-0.4, -0.2) is 5.78 Å². The number of halogens is 1. The molecule has 0 spiro atoms. The fourth-order valence-electron chi connectivity index (χ4n) is 1.96. The molecule has 2 aromatic carbocycles. The second kappa shape index (κ2) is 6.15. The number of ketones is 1. The minimum absolute atomic E-state index is 0.0802. The van der Waals surface area contributed by atoms with Gasteiger partial charge in [-0.2, -0.15) is 5.26 Å². The molecule has 0 N–H and O–H groups in total. The molecule has 2 aromatic rings. The van der Waals surface area contributed by atoms with Crippen LogP contribution in [0.25, 0.3) is 6.08 Å². The molecule has 0 bridgehead atoms. The van der Waals surface area contributed by atoms with Crippen molar-refractivity contribution in [3.63, 3.8) is 0 Å². The maximum Gasteiger partial charge on any atom is 0.206 e. The average molecular weight is 279 g/mol. The molecule has 0 aliphatic heterocycles. The molecule has 104 valence electrons. The second-order valence-electron chi connectivity index (χ2n) is 4.82. The third kappa shape index (κ3) is 3.24. The first kappa shape index (κ1) is 14.7. The van der Waals surface area contributed by atoms with Crippen molar-refractivity contribution in [3.05, 3.63) is 76.1 Å². The Hall–Kier alpha value is -2.73. The van der Waals surface area contributed by atoms with Gasteiger partial charge in [0, 0.05) is 0 Å². The number of benzene rings is 2. The smallest absolute Gasteiger partial charge is 0.206 e. The average Bonchev–Trinajstić information content (AvgIpc) is 2.48. The van der Waals surface area contributed by atoms with Crippen LogP contribution in [-0.2, 0) is 0 Å². The highest BCUT2D eigenvalue weighted by Crippen LogP contribution is 2.17. The van der Waals surface area contributed by atoms with Crippen molar-refractivity contribution in [1.82, 2.24) is 0 Å². The summed E-state index contributed by atoms with van der Waals surface area (Å²) >= 11 is 0. The zero-order chi connectivity index (χ0) is 15.4. The van der Waals surface area contributed by atoms with Gasteiger partial charge in [0.25, 0.3) is 0 Å². The monoisotopic (exact) mass is 279 g/mol. The number of hydrogen-bond donors (Lipinski definition) is 0. The molecule has 0 fully saturated rings. The molecular formula is C18H14FNO. The standard InChI is InChI=1S/C18H14FNO/c1-12-7-8-14(9-13(12)2)10-15(11-20)18(21)16-5-3-4-6-17(16)19/h3-10H,1-2H3/b15-10+. The van der Waals surface area contributed by atoms with Crippen molar-refractivity contribution in [2.45, 2.75) is 13.8 Å². The van der Waals surface area contributed by atoms with E-state index in [1.165, 1.54) is 24.3 Å². The lowest BCUT2D eigenvalue weighted by molar-refractivity contribution is 0.103. The summed E-state index contributed by atoms with van der Waals surface area (Å²) in [6.07, 6.45) is 1.49. The summed E-state index contributed by atoms with van der Waals surface area (Å²) in [7, 11) is 0. The van der Waals surface area contributed by atoms with E-state index in [4.69, 9.17) is 0 Å². The quantitative estimate of drug-likeness (QED) is 0.479. The van der Waals surface area contributed by atoms with Crippen LogP contribution in [0.5, 0.6) is 0 Å². The van der Waals surface area contributed by atoms with E-state index in [2.05, 4.69) is 0 Å². The first-order valence-electron chi connectivity index (χ1n) is 6.51. The SMILES string of the molecule is Cc1ccc(/C=C(\C#N)C(=O)c2ccccc2F)cc1C. The summed E-state index contributed by atoms with van der Waals surface area (Å²) in [6, 6.07) is 13.2. The van der Waals surface area contributed by atoms with Crippen LogP contribution >= 0.6 is 0 Å². The van der Waals surface area contributed by atoms with Crippen LogP contribution in [0.3, 0.4) is 0 Å². The zero-order valence-corrected chi connectivity index (χ0v) is 11.9. The first-order chi connectivity index (χ1) is 10.0. The molecule has 0 aliphatic rings. The van der Waals surface area contributed by atoms with Gasteiger partial charge in [0.05, 0.1) is 5.56 Å². The van der Waals surface area contributed by atoms with Gasteiger partial charge in [-0.15, -0.1) is 0 Å². The van der Waals surface area contributed by atoms with E-state index in [9.17, 15) is 14.4 Å². The maximum absolute atomic E-state index is 13.6. The molecule has 0 aliphatic carbocycles. The van der Waals surface area contributed by atoms with Crippen molar-refractivity contribution < 1.29 is 9.18 Å². The van der Waals surface area contributed by atoms with E-state index in [0.717, 1.165) is 16.7 Å². The molecule has 0 saturated heterocycles. The van der Waals surface area contributed by atoms with Gasteiger partial charge in [-0.3, -0.25) is 4.79 Å². The summed E-state index contributed by atoms with van der Waals surface area (Å²) in [5, 5.41) is 9.17. The molecule has 0 atom stereocenters. The number of rotatable bonds is 3.